The summed E-state index contributed by atoms with van der Waals surface area (Å²) in [6, 6.07) is 7.92. The highest BCUT2D eigenvalue weighted by molar-refractivity contribution is 5.82. The third-order valence-corrected chi connectivity index (χ3v) is 4.00. The quantitative estimate of drug-likeness (QED) is 0.827. The maximum absolute atomic E-state index is 12.2. The summed E-state index contributed by atoms with van der Waals surface area (Å²) in [4.78, 5) is 12.2. The van der Waals surface area contributed by atoms with Crippen LogP contribution in [-0.2, 0) is 11.3 Å². The van der Waals surface area contributed by atoms with Gasteiger partial charge in [-0.1, -0.05) is 43.7 Å². The predicted molar refractivity (Wildman–Crippen MR) is 80.8 cm³/mol. The van der Waals surface area contributed by atoms with E-state index < -0.39 is 0 Å². The fourth-order valence-corrected chi connectivity index (χ4v) is 2.64. The molecule has 0 saturated heterocycles. The van der Waals surface area contributed by atoms with E-state index in [-0.39, 0.29) is 11.3 Å². The maximum atomic E-state index is 12.2. The molecule has 0 unspecified atom stereocenters. The Morgan fingerprint density at radius 2 is 1.95 bits per heavy atom. The van der Waals surface area contributed by atoms with Crippen molar-refractivity contribution >= 4 is 5.91 Å². The largest absolute Gasteiger partial charge is 0.352 e. The SMILES string of the molecule is CC1(C(=O)NCc2ccc(C#CCN)cc2)CCCC1. The van der Waals surface area contributed by atoms with E-state index in [9.17, 15) is 4.79 Å². The number of hydrogen-bond acceptors (Lipinski definition) is 2. The van der Waals surface area contributed by atoms with Crippen molar-refractivity contribution in [3.63, 3.8) is 0 Å². The Hall–Kier alpha value is -1.79. The summed E-state index contributed by atoms with van der Waals surface area (Å²) in [5, 5.41) is 3.05. The van der Waals surface area contributed by atoms with Crippen LogP contribution in [0.15, 0.2) is 24.3 Å². The van der Waals surface area contributed by atoms with E-state index in [1.165, 1.54) is 12.8 Å². The molecule has 1 saturated carbocycles. The molecule has 0 aromatic heterocycles. The minimum Gasteiger partial charge on any atom is -0.352 e. The van der Waals surface area contributed by atoms with Crippen molar-refractivity contribution in [2.75, 3.05) is 6.54 Å². The molecule has 3 N–H and O–H groups in total. The average molecular weight is 270 g/mol. The Morgan fingerprint density at radius 1 is 1.30 bits per heavy atom. The fraction of sp³-hybridized carbons (Fsp3) is 0.471. The third kappa shape index (κ3) is 3.61. The van der Waals surface area contributed by atoms with Gasteiger partial charge in [0.1, 0.15) is 0 Å². The van der Waals surface area contributed by atoms with Gasteiger partial charge in [-0.15, -0.1) is 0 Å². The summed E-state index contributed by atoms with van der Waals surface area (Å²) in [5.74, 6) is 5.99. The van der Waals surface area contributed by atoms with E-state index in [0.717, 1.165) is 24.0 Å². The zero-order valence-electron chi connectivity index (χ0n) is 12.0. The van der Waals surface area contributed by atoms with Gasteiger partial charge in [-0.2, -0.15) is 0 Å². The molecule has 0 bridgehead atoms. The van der Waals surface area contributed by atoms with E-state index in [1.54, 1.807) is 0 Å². The zero-order chi connectivity index (χ0) is 14.4. The van der Waals surface area contributed by atoms with Gasteiger partial charge in [0, 0.05) is 17.5 Å². The summed E-state index contributed by atoms with van der Waals surface area (Å²) in [7, 11) is 0. The summed E-state index contributed by atoms with van der Waals surface area (Å²) in [6.07, 6.45) is 4.34. The molecular formula is C17H22N2O. The molecule has 1 aromatic rings. The van der Waals surface area contributed by atoms with Crippen LogP contribution in [0.4, 0.5) is 0 Å². The number of carbonyl (C=O) groups excluding carboxylic acids is 1. The van der Waals surface area contributed by atoms with E-state index in [1.807, 2.05) is 24.3 Å². The van der Waals surface area contributed by atoms with Gasteiger partial charge in [-0.3, -0.25) is 4.79 Å². The van der Waals surface area contributed by atoms with Crippen LogP contribution < -0.4 is 11.1 Å². The molecule has 0 aliphatic heterocycles. The van der Waals surface area contributed by atoms with E-state index >= 15 is 0 Å². The van der Waals surface area contributed by atoms with Crippen LogP contribution in [-0.4, -0.2) is 12.5 Å². The van der Waals surface area contributed by atoms with Crippen molar-refractivity contribution in [2.45, 2.75) is 39.2 Å². The Labute approximate surface area is 120 Å². The molecule has 0 spiro atoms. The lowest BCUT2D eigenvalue weighted by Gasteiger charge is -2.22. The Kier molecular flexibility index (Phi) is 4.81. The summed E-state index contributed by atoms with van der Waals surface area (Å²) >= 11 is 0. The van der Waals surface area contributed by atoms with Gasteiger partial charge in [0.15, 0.2) is 0 Å². The number of nitrogens with one attached hydrogen (secondary N) is 1. The van der Waals surface area contributed by atoms with Crippen molar-refractivity contribution in [1.29, 1.82) is 0 Å². The van der Waals surface area contributed by atoms with Crippen LogP contribution in [0, 0.1) is 17.3 Å². The number of benzene rings is 1. The minimum atomic E-state index is -0.160. The van der Waals surface area contributed by atoms with Gasteiger partial charge in [-0.05, 0) is 30.5 Å². The topological polar surface area (TPSA) is 55.1 Å². The van der Waals surface area contributed by atoms with Crippen molar-refractivity contribution in [3.8, 4) is 11.8 Å². The van der Waals surface area contributed by atoms with Gasteiger partial charge in [-0.25, -0.2) is 0 Å². The van der Waals surface area contributed by atoms with E-state index in [0.29, 0.717) is 13.1 Å². The van der Waals surface area contributed by atoms with Crippen molar-refractivity contribution in [3.05, 3.63) is 35.4 Å². The average Bonchev–Trinajstić information content (AvgIpc) is 2.92. The molecule has 0 radical (unpaired) electrons. The van der Waals surface area contributed by atoms with Crippen molar-refractivity contribution in [1.82, 2.24) is 5.32 Å². The number of nitrogens with two attached hydrogens (primary N) is 1. The molecular weight excluding hydrogens is 248 g/mol. The molecule has 1 aliphatic carbocycles. The Bertz CT molecular complexity index is 516. The lowest BCUT2D eigenvalue weighted by molar-refractivity contribution is -0.130. The van der Waals surface area contributed by atoms with Gasteiger partial charge < -0.3 is 11.1 Å². The summed E-state index contributed by atoms with van der Waals surface area (Å²) in [6.45, 7) is 3.02. The minimum absolute atomic E-state index is 0.160. The second kappa shape index (κ2) is 6.58. The van der Waals surface area contributed by atoms with E-state index in [2.05, 4.69) is 24.1 Å². The molecule has 0 heterocycles. The van der Waals surface area contributed by atoms with Crippen LogP contribution in [0.3, 0.4) is 0 Å². The number of carbonyl (C=O) groups is 1. The molecule has 1 aliphatic rings. The summed E-state index contributed by atoms with van der Waals surface area (Å²) in [5.41, 5.74) is 7.23. The third-order valence-electron chi connectivity index (χ3n) is 4.00. The first-order valence-electron chi connectivity index (χ1n) is 7.20. The molecule has 3 nitrogen and oxygen atoms in total. The lowest BCUT2D eigenvalue weighted by Crippen LogP contribution is -2.36. The molecule has 1 aromatic carbocycles. The first-order valence-corrected chi connectivity index (χ1v) is 7.20. The van der Waals surface area contributed by atoms with Crippen LogP contribution in [0.2, 0.25) is 0 Å². The molecule has 3 heteroatoms. The molecule has 20 heavy (non-hydrogen) atoms. The standard InChI is InChI=1S/C17H22N2O/c1-17(10-2-3-11-17)16(20)19-13-15-8-6-14(7-9-15)5-4-12-18/h6-9H,2-3,10-13,18H2,1H3,(H,19,20). The van der Waals surface area contributed by atoms with Gasteiger partial charge >= 0.3 is 0 Å². The van der Waals surface area contributed by atoms with Crippen LogP contribution in [0.5, 0.6) is 0 Å². The van der Waals surface area contributed by atoms with Crippen LogP contribution in [0.25, 0.3) is 0 Å². The molecule has 2 rings (SSSR count). The van der Waals surface area contributed by atoms with Crippen LogP contribution >= 0.6 is 0 Å². The zero-order valence-corrected chi connectivity index (χ0v) is 12.0. The highest BCUT2D eigenvalue weighted by Crippen LogP contribution is 2.37. The van der Waals surface area contributed by atoms with Gasteiger partial charge in [0.25, 0.3) is 0 Å². The Balaban J connectivity index is 1.89. The maximum Gasteiger partial charge on any atom is 0.226 e. The highest BCUT2D eigenvalue weighted by Gasteiger charge is 2.35. The number of rotatable bonds is 3. The number of hydrogen-bond donors (Lipinski definition) is 2. The Morgan fingerprint density at radius 3 is 2.55 bits per heavy atom. The smallest absolute Gasteiger partial charge is 0.226 e. The first kappa shape index (κ1) is 14.6. The monoisotopic (exact) mass is 270 g/mol. The van der Waals surface area contributed by atoms with Gasteiger partial charge in [0.05, 0.1) is 6.54 Å². The molecule has 0 atom stereocenters. The van der Waals surface area contributed by atoms with Crippen molar-refractivity contribution < 1.29 is 4.79 Å². The van der Waals surface area contributed by atoms with Gasteiger partial charge in [0.2, 0.25) is 5.91 Å². The molecule has 1 amide bonds. The summed E-state index contributed by atoms with van der Waals surface area (Å²) < 4.78 is 0. The number of amides is 1. The molecule has 106 valence electrons. The molecule has 1 fully saturated rings. The first-order chi connectivity index (χ1) is 9.64. The van der Waals surface area contributed by atoms with E-state index in [4.69, 9.17) is 5.73 Å². The van der Waals surface area contributed by atoms with Crippen LogP contribution in [0.1, 0.15) is 43.7 Å². The highest BCUT2D eigenvalue weighted by atomic mass is 16.2. The second-order valence-corrected chi connectivity index (χ2v) is 5.65. The van der Waals surface area contributed by atoms with Crippen molar-refractivity contribution in [2.24, 2.45) is 11.1 Å². The normalized spacial score (nSPS) is 16.3. The second-order valence-electron chi connectivity index (χ2n) is 5.65. The predicted octanol–water partition coefficient (Wildman–Crippen LogP) is 2.19. The fourth-order valence-electron chi connectivity index (χ4n) is 2.64. The lowest BCUT2D eigenvalue weighted by atomic mass is 9.88.